The Morgan fingerprint density at radius 3 is 0.879 bits per heavy atom. The van der Waals surface area contributed by atoms with Crippen LogP contribution in [0.5, 0.6) is 0 Å². The Balaban J connectivity index is 0.00000193. The van der Waals surface area contributed by atoms with E-state index in [1.54, 1.807) is 0 Å². The van der Waals surface area contributed by atoms with E-state index in [-0.39, 0.29) is 59.1 Å². The van der Waals surface area contributed by atoms with Crippen LogP contribution in [0.3, 0.4) is 0 Å². The molecule has 1 nitrogen and oxygen atoms in total. The van der Waals surface area contributed by atoms with Gasteiger partial charge in [0.15, 0.2) is 0 Å². The van der Waals surface area contributed by atoms with E-state index in [9.17, 15) is 0 Å². The summed E-state index contributed by atoms with van der Waals surface area (Å²) in [5.41, 5.74) is 5.40. The predicted octanol–water partition coefficient (Wildman–Crippen LogP) is 6.15. The second-order valence-electron chi connectivity index (χ2n) is 7.94. The third kappa shape index (κ3) is 8.53. The van der Waals surface area contributed by atoms with Gasteiger partial charge in [0.05, 0.1) is 0 Å². The van der Waals surface area contributed by atoms with Crippen LogP contribution in [0.2, 0.25) is 0 Å². The van der Waals surface area contributed by atoms with Gasteiger partial charge in [-0.15, -0.1) is 0 Å². The van der Waals surface area contributed by atoms with E-state index < -0.39 is 0 Å². The SMILES string of the molecule is [NaH].[NaH].c1ccc(C(CCOCCC(c2ccccc2)c2ccccc2)c2ccccc2)cc1. The van der Waals surface area contributed by atoms with Crippen LogP contribution in [-0.2, 0) is 4.74 Å². The van der Waals surface area contributed by atoms with E-state index in [0.717, 1.165) is 26.1 Å². The minimum atomic E-state index is 0. The minimum absolute atomic E-state index is 0. The molecular formula is C30H32Na2O. The van der Waals surface area contributed by atoms with Crippen LogP contribution in [0.4, 0.5) is 0 Å². The van der Waals surface area contributed by atoms with Gasteiger partial charge in [0, 0.05) is 25.0 Å². The summed E-state index contributed by atoms with van der Waals surface area (Å²) >= 11 is 0. The minimum Gasteiger partial charge on any atom is -0.381 e. The third-order valence-electron chi connectivity index (χ3n) is 5.91. The normalized spacial score (nSPS) is 10.5. The molecule has 0 aliphatic heterocycles. The summed E-state index contributed by atoms with van der Waals surface area (Å²) in [5, 5.41) is 0. The van der Waals surface area contributed by atoms with Crippen LogP contribution in [0.15, 0.2) is 121 Å². The average molecular weight is 455 g/mol. The van der Waals surface area contributed by atoms with Gasteiger partial charge in [-0.05, 0) is 35.1 Å². The zero-order chi connectivity index (χ0) is 21.1. The van der Waals surface area contributed by atoms with Gasteiger partial charge >= 0.3 is 59.1 Å². The summed E-state index contributed by atoms with van der Waals surface area (Å²) in [4.78, 5) is 0. The average Bonchev–Trinajstić information content (AvgIpc) is 2.86. The first kappa shape index (κ1) is 28.1. The molecule has 4 aromatic carbocycles. The van der Waals surface area contributed by atoms with E-state index >= 15 is 0 Å². The molecule has 0 bridgehead atoms. The maximum absolute atomic E-state index is 6.18. The Kier molecular flexibility index (Phi) is 13.3. The Bertz CT molecular complexity index is 844. The molecule has 0 spiro atoms. The molecule has 0 radical (unpaired) electrons. The molecule has 0 aliphatic carbocycles. The van der Waals surface area contributed by atoms with Crippen LogP contribution < -0.4 is 0 Å². The van der Waals surface area contributed by atoms with Crippen molar-refractivity contribution >= 4 is 59.1 Å². The van der Waals surface area contributed by atoms with Gasteiger partial charge in [-0.3, -0.25) is 0 Å². The zero-order valence-electron chi connectivity index (χ0n) is 17.9. The van der Waals surface area contributed by atoms with Crippen molar-refractivity contribution in [2.75, 3.05) is 13.2 Å². The topological polar surface area (TPSA) is 9.23 Å². The molecule has 4 rings (SSSR count). The van der Waals surface area contributed by atoms with Crippen LogP contribution in [0.25, 0.3) is 0 Å². The van der Waals surface area contributed by atoms with E-state index in [2.05, 4.69) is 121 Å². The molecule has 0 saturated heterocycles. The summed E-state index contributed by atoms with van der Waals surface area (Å²) in [5.74, 6) is 0.725. The first-order valence-corrected chi connectivity index (χ1v) is 11.2. The molecule has 3 heteroatoms. The molecule has 0 unspecified atom stereocenters. The molecule has 0 aromatic heterocycles. The Hall–Kier alpha value is -1.16. The molecule has 0 heterocycles. The summed E-state index contributed by atoms with van der Waals surface area (Å²) in [6.07, 6.45) is 1.96. The standard InChI is InChI=1S/C30H30O.2Na.2H/c1-5-13-25(14-6-1)29(26-15-7-2-8-16-26)21-23-31-24-22-30(27-17-9-3-10-18-27)28-19-11-4-12-20-28;;;;/h1-20,29-30H,21-24H2;;;;. The monoisotopic (exact) mass is 454 g/mol. The molecule has 0 amide bonds. The zero-order valence-corrected chi connectivity index (χ0v) is 17.9. The van der Waals surface area contributed by atoms with E-state index in [0.29, 0.717) is 11.8 Å². The second-order valence-corrected chi connectivity index (χ2v) is 7.94. The van der Waals surface area contributed by atoms with Crippen molar-refractivity contribution in [2.24, 2.45) is 0 Å². The summed E-state index contributed by atoms with van der Waals surface area (Å²) in [6.45, 7) is 1.51. The van der Waals surface area contributed by atoms with Gasteiger partial charge in [0.2, 0.25) is 0 Å². The molecule has 0 atom stereocenters. The second kappa shape index (κ2) is 15.7. The molecule has 160 valence electrons. The number of ether oxygens (including phenoxy) is 1. The molecule has 4 aromatic rings. The first-order valence-electron chi connectivity index (χ1n) is 11.2. The third-order valence-corrected chi connectivity index (χ3v) is 5.91. The first-order chi connectivity index (χ1) is 15.4. The van der Waals surface area contributed by atoms with Crippen molar-refractivity contribution in [3.63, 3.8) is 0 Å². The summed E-state index contributed by atoms with van der Waals surface area (Å²) in [7, 11) is 0. The Morgan fingerprint density at radius 2 is 0.636 bits per heavy atom. The van der Waals surface area contributed by atoms with Crippen molar-refractivity contribution in [3.8, 4) is 0 Å². The summed E-state index contributed by atoms with van der Waals surface area (Å²) in [6, 6.07) is 43.1. The smallest absolute Gasteiger partial charge is 0.0475 e. The van der Waals surface area contributed by atoms with E-state index in [1.165, 1.54) is 22.3 Å². The van der Waals surface area contributed by atoms with Gasteiger partial charge in [0.1, 0.15) is 0 Å². The fraction of sp³-hybridized carbons (Fsp3) is 0.200. The van der Waals surface area contributed by atoms with Gasteiger partial charge in [-0.1, -0.05) is 121 Å². The molecular weight excluding hydrogens is 422 g/mol. The van der Waals surface area contributed by atoms with Gasteiger partial charge in [0.25, 0.3) is 0 Å². The van der Waals surface area contributed by atoms with Crippen molar-refractivity contribution < 1.29 is 4.74 Å². The Morgan fingerprint density at radius 1 is 0.394 bits per heavy atom. The molecule has 0 N–H and O–H groups in total. The van der Waals surface area contributed by atoms with Crippen molar-refractivity contribution in [3.05, 3.63) is 144 Å². The molecule has 0 aliphatic rings. The quantitative estimate of drug-likeness (QED) is 0.206. The predicted molar refractivity (Wildman–Crippen MR) is 144 cm³/mol. The molecule has 0 fully saturated rings. The number of rotatable bonds is 10. The van der Waals surface area contributed by atoms with Crippen LogP contribution in [0, 0.1) is 0 Å². The number of hydrogen-bond acceptors (Lipinski definition) is 1. The maximum Gasteiger partial charge on any atom is 0.0475 e. The molecule has 33 heavy (non-hydrogen) atoms. The fourth-order valence-corrected chi connectivity index (χ4v) is 4.30. The van der Waals surface area contributed by atoms with Gasteiger partial charge < -0.3 is 4.74 Å². The molecule has 0 saturated carbocycles. The van der Waals surface area contributed by atoms with Crippen molar-refractivity contribution in [2.45, 2.75) is 24.7 Å². The van der Waals surface area contributed by atoms with Gasteiger partial charge in [-0.2, -0.15) is 0 Å². The van der Waals surface area contributed by atoms with Crippen LogP contribution >= 0.6 is 0 Å². The van der Waals surface area contributed by atoms with Crippen LogP contribution in [0.1, 0.15) is 46.9 Å². The van der Waals surface area contributed by atoms with Gasteiger partial charge in [-0.25, -0.2) is 0 Å². The van der Waals surface area contributed by atoms with Crippen molar-refractivity contribution in [1.82, 2.24) is 0 Å². The Labute approximate surface area is 243 Å². The maximum atomic E-state index is 6.18. The van der Waals surface area contributed by atoms with Crippen LogP contribution in [-0.4, -0.2) is 72.3 Å². The van der Waals surface area contributed by atoms with E-state index in [4.69, 9.17) is 4.74 Å². The largest absolute Gasteiger partial charge is 0.381 e. The summed E-state index contributed by atoms with van der Waals surface area (Å²) < 4.78 is 6.18. The fourth-order valence-electron chi connectivity index (χ4n) is 4.30. The van der Waals surface area contributed by atoms with Crippen molar-refractivity contribution in [1.29, 1.82) is 0 Å². The van der Waals surface area contributed by atoms with E-state index in [1.807, 2.05) is 0 Å². The number of hydrogen-bond donors (Lipinski definition) is 0. The number of benzene rings is 4.